The lowest BCUT2D eigenvalue weighted by Crippen LogP contribution is -2.42. The van der Waals surface area contributed by atoms with E-state index in [1.807, 2.05) is 4.90 Å². The first-order chi connectivity index (χ1) is 9.51. The highest BCUT2D eigenvalue weighted by Gasteiger charge is 2.33. The van der Waals surface area contributed by atoms with Gasteiger partial charge in [-0.2, -0.15) is 0 Å². The topological polar surface area (TPSA) is 20.3 Å². The van der Waals surface area contributed by atoms with Crippen LogP contribution in [0, 0.1) is 5.41 Å². The summed E-state index contributed by atoms with van der Waals surface area (Å²) in [7, 11) is 0. The fourth-order valence-electron chi connectivity index (χ4n) is 2.97. The zero-order valence-electron chi connectivity index (χ0n) is 12.1. The molecule has 1 aromatic rings. The predicted molar refractivity (Wildman–Crippen MR) is 87.3 cm³/mol. The predicted octanol–water partition coefficient (Wildman–Crippen LogP) is 5.14. The normalized spacial score (nSPS) is 18.1. The van der Waals surface area contributed by atoms with Crippen LogP contribution in [0.1, 0.15) is 49.9 Å². The molecule has 110 valence electrons. The average Bonchev–Trinajstić information content (AvgIpc) is 2.47. The van der Waals surface area contributed by atoms with Gasteiger partial charge >= 0.3 is 0 Å². The second kappa shape index (κ2) is 6.48. The van der Waals surface area contributed by atoms with Crippen LogP contribution in [-0.2, 0) is 0 Å². The number of likely N-dealkylation sites (tertiary alicyclic amines) is 1. The van der Waals surface area contributed by atoms with Gasteiger partial charge in [0.1, 0.15) is 0 Å². The lowest BCUT2D eigenvalue weighted by molar-refractivity contribution is 0.0557. The minimum Gasteiger partial charge on any atom is -0.339 e. The van der Waals surface area contributed by atoms with Crippen LogP contribution in [0.15, 0.2) is 22.7 Å². The zero-order chi connectivity index (χ0) is 14.8. The van der Waals surface area contributed by atoms with Gasteiger partial charge in [0.25, 0.3) is 5.91 Å². The van der Waals surface area contributed by atoms with Crippen molar-refractivity contribution in [2.45, 2.75) is 39.5 Å². The van der Waals surface area contributed by atoms with E-state index in [1.165, 1.54) is 12.8 Å². The summed E-state index contributed by atoms with van der Waals surface area (Å²) < 4.78 is 0.776. The fraction of sp³-hybridized carbons (Fsp3) is 0.562. The summed E-state index contributed by atoms with van der Waals surface area (Å²) in [6, 6.07) is 5.35. The number of carbonyl (C=O) groups excluding carboxylic acids is 1. The van der Waals surface area contributed by atoms with Gasteiger partial charge in [0.15, 0.2) is 0 Å². The molecule has 0 unspecified atom stereocenters. The smallest absolute Gasteiger partial charge is 0.254 e. The molecule has 2 nitrogen and oxygen atoms in total. The number of nitrogens with zero attached hydrogens (tertiary/aromatic N) is 1. The molecule has 0 atom stereocenters. The van der Waals surface area contributed by atoms with E-state index in [4.69, 9.17) is 11.6 Å². The molecule has 1 amide bonds. The van der Waals surface area contributed by atoms with Gasteiger partial charge < -0.3 is 4.90 Å². The minimum absolute atomic E-state index is 0.106. The van der Waals surface area contributed by atoms with Gasteiger partial charge in [0.05, 0.1) is 5.56 Å². The molecule has 0 aliphatic carbocycles. The van der Waals surface area contributed by atoms with E-state index < -0.39 is 0 Å². The molecule has 0 spiro atoms. The average molecular weight is 359 g/mol. The highest BCUT2D eigenvalue weighted by molar-refractivity contribution is 9.10. The maximum Gasteiger partial charge on any atom is 0.254 e. The molecule has 0 saturated carbocycles. The molecule has 1 fully saturated rings. The van der Waals surface area contributed by atoms with Crippen molar-refractivity contribution < 1.29 is 4.79 Å². The minimum atomic E-state index is 0.106. The Balaban J connectivity index is 2.09. The van der Waals surface area contributed by atoms with Crippen molar-refractivity contribution in [3.8, 4) is 0 Å². The molecule has 20 heavy (non-hydrogen) atoms. The van der Waals surface area contributed by atoms with Crippen molar-refractivity contribution in [1.29, 1.82) is 0 Å². The maximum atomic E-state index is 12.6. The molecule has 0 bridgehead atoms. The summed E-state index contributed by atoms with van der Waals surface area (Å²) in [6.07, 6.45) is 4.63. The van der Waals surface area contributed by atoms with Crippen molar-refractivity contribution in [3.05, 3.63) is 33.3 Å². The highest BCUT2D eigenvalue weighted by atomic mass is 79.9. The molecular formula is C16H21BrClNO. The van der Waals surface area contributed by atoms with Gasteiger partial charge in [0.2, 0.25) is 0 Å². The third-order valence-electron chi connectivity index (χ3n) is 4.77. The number of hydrogen-bond donors (Lipinski definition) is 0. The van der Waals surface area contributed by atoms with Crippen LogP contribution in [0.4, 0.5) is 0 Å². The van der Waals surface area contributed by atoms with Gasteiger partial charge in [-0.05, 0) is 52.4 Å². The van der Waals surface area contributed by atoms with Gasteiger partial charge in [0, 0.05) is 22.6 Å². The Bertz CT molecular complexity index is 489. The Morgan fingerprint density at radius 2 is 1.90 bits per heavy atom. The monoisotopic (exact) mass is 357 g/mol. The molecule has 1 saturated heterocycles. The van der Waals surface area contributed by atoms with Crippen LogP contribution < -0.4 is 0 Å². The molecule has 1 heterocycles. The number of halogens is 2. The third-order valence-corrected chi connectivity index (χ3v) is 5.66. The Labute approximate surface area is 134 Å². The Hall–Kier alpha value is -0.540. The second-order valence-corrected chi connectivity index (χ2v) is 6.91. The van der Waals surface area contributed by atoms with Crippen LogP contribution in [0.3, 0.4) is 0 Å². The van der Waals surface area contributed by atoms with Crippen LogP contribution in [0.25, 0.3) is 0 Å². The lowest BCUT2D eigenvalue weighted by atomic mass is 9.74. The molecule has 0 aromatic heterocycles. The van der Waals surface area contributed by atoms with Crippen LogP contribution in [0.2, 0.25) is 5.02 Å². The Kier molecular flexibility index (Phi) is 5.14. The first kappa shape index (κ1) is 15.8. The summed E-state index contributed by atoms with van der Waals surface area (Å²) in [5, 5.41) is 0.642. The first-order valence-electron chi connectivity index (χ1n) is 7.25. The molecule has 4 heteroatoms. The lowest BCUT2D eigenvalue weighted by Gasteiger charge is -2.41. The first-order valence-corrected chi connectivity index (χ1v) is 8.43. The van der Waals surface area contributed by atoms with Gasteiger partial charge in [-0.25, -0.2) is 0 Å². The third kappa shape index (κ3) is 3.20. The largest absolute Gasteiger partial charge is 0.339 e. The van der Waals surface area contributed by atoms with E-state index in [0.29, 0.717) is 16.0 Å². The van der Waals surface area contributed by atoms with Crippen molar-refractivity contribution >= 4 is 33.4 Å². The fourth-order valence-corrected chi connectivity index (χ4v) is 3.83. The molecule has 2 rings (SSSR count). The molecule has 1 aliphatic heterocycles. The Morgan fingerprint density at radius 3 is 2.40 bits per heavy atom. The van der Waals surface area contributed by atoms with Crippen molar-refractivity contribution in [2.75, 3.05) is 13.1 Å². The van der Waals surface area contributed by atoms with E-state index in [-0.39, 0.29) is 5.91 Å². The van der Waals surface area contributed by atoms with Crippen LogP contribution >= 0.6 is 27.5 Å². The van der Waals surface area contributed by atoms with Gasteiger partial charge in [-0.3, -0.25) is 4.79 Å². The second-order valence-electron chi connectivity index (χ2n) is 5.62. The van der Waals surface area contributed by atoms with Crippen molar-refractivity contribution in [1.82, 2.24) is 4.90 Å². The van der Waals surface area contributed by atoms with E-state index >= 15 is 0 Å². The molecule has 1 aromatic carbocycles. The highest BCUT2D eigenvalue weighted by Crippen LogP contribution is 2.38. The standard InChI is InChI=1S/C16H21BrClNO/c1-3-16(4-2)7-9-19(10-8-16)15(20)13-6-5-12(18)11-14(13)17/h5-6,11H,3-4,7-10H2,1-2H3. The number of piperidine rings is 1. The van der Waals surface area contributed by atoms with E-state index in [9.17, 15) is 4.79 Å². The van der Waals surface area contributed by atoms with Gasteiger partial charge in [-0.15, -0.1) is 0 Å². The number of hydrogen-bond acceptors (Lipinski definition) is 1. The van der Waals surface area contributed by atoms with E-state index in [0.717, 1.165) is 30.4 Å². The zero-order valence-corrected chi connectivity index (χ0v) is 14.4. The number of rotatable bonds is 3. The van der Waals surface area contributed by atoms with Crippen LogP contribution in [-0.4, -0.2) is 23.9 Å². The SMILES string of the molecule is CCC1(CC)CCN(C(=O)c2ccc(Cl)cc2Br)CC1. The van der Waals surface area contributed by atoms with E-state index in [2.05, 4.69) is 29.8 Å². The summed E-state index contributed by atoms with van der Waals surface area (Å²) >= 11 is 9.36. The molecular weight excluding hydrogens is 338 g/mol. The number of benzene rings is 1. The molecule has 0 radical (unpaired) electrons. The molecule has 1 aliphatic rings. The van der Waals surface area contributed by atoms with E-state index in [1.54, 1.807) is 18.2 Å². The summed E-state index contributed by atoms with van der Waals surface area (Å²) in [5.41, 5.74) is 1.14. The van der Waals surface area contributed by atoms with Crippen molar-refractivity contribution in [2.24, 2.45) is 5.41 Å². The molecule has 0 N–H and O–H groups in total. The quantitative estimate of drug-likeness (QED) is 0.732. The Morgan fingerprint density at radius 1 is 1.30 bits per heavy atom. The van der Waals surface area contributed by atoms with Crippen LogP contribution in [0.5, 0.6) is 0 Å². The maximum absolute atomic E-state index is 12.6. The summed E-state index contributed by atoms with van der Waals surface area (Å²) in [5.74, 6) is 0.106. The summed E-state index contributed by atoms with van der Waals surface area (Å²) in [4.78, 5) is 14.5. The van der Waals surface area contributed by atoms with Gasteiger partial charge in [-0.1, -0.05) is 38.3 Å². The summed E-state index contributed by atoms with van der Waals surface area (Å²) in [6.45, 7) is 6.23. The van der Waals surface area contributed by atoms with Crippen molar-refractivity contribution in [3.63, 3.8) is 0 Å². The number of carbonyl (C=O) groups is 1. The number of amides is 1.